The highest BCUT2D eigenvalue weighted by Gasteiger charge is 2.03. The zero-order valence-corrected chi connectivity index (χ0v) is 11.7. The Morgan fingerprint density at radius 2 is 1.68 bits per heavy atom. The summed E-state index contributed by atoms with van der Waals surface area (Å²) in [6.45, 7) is 2.96. The van der Waals surface area contributed by atoms with E-state index in [0.717, 1.165) is 6.54 Å². The second kappa shape index (κ2) is 7.58. The van der Waals surface area contributed by atoms with Crippen molar-refractivity contribution in [1.29, 1.82) is 5.26 Å². The summed E-state index contributed by atoms with van der Waals surface area (Å²) in [7, 11) is 0. The summed E-state index contributed by atoms with van der Waals surface area (Å²) in [4.78, 5) is 0. The predicted molar refractivity (Wildman–Crippen MR) is 80.1 cm³/mol. The number of halogens is 1. The van der Waals surface area contributed by atoms with E-state index in [9.17, 15) is 0 Å². The Hall–Kier alpha value is -1.82. The number of benzene rings is 2. The molecule has 0 bridgehead atoms. The normalized spacial score (nSPS) is 11.2. The fourth-order valence-corrected chi connectivity index (χ4v) is 1.83. The average Bonchev–Trinajstić information content (AvgIpc) is 2.46. The monoisotopic (exact) mass is 272 g/mol. The Morgan fingerprint density at radius 3 is 2.26 bits per heavy atom. The highest BCUT2D eigenvalue weighted by molar-refractivity contribution is 5.85. The summed E-state index contributed by atoms with van der Waals surface area (Å²) in [5.41, 5.74) is 3.18. The predicted octanol–water partition coefficient (Wildman–Crippen LogP) is 3.83. The molecule has 0 radical (unpaired) electrons. The van der Waals surface area contributed by atoms with E-state index in [1.807, 2.05) is 30.3 Å². The first-order valence-corrected chi connectivity index (χ1v) is 6.07. The van der Waals surface area contributed by atoms with Gasteiger partial charge in [-0.2, -0.15) is 5.26 Å². The molecule has 0 aliphatic carbocycles. The van der Waals surface area contributed by atoms with Gasteiger partial charge in [-0.15, -0.1) is 12.4 Å². The summed E-state index contributed by atoms with van der Waals surface area (Å²) in [6, 6.07) is 20.5. The van der Waals surface area contributed by atoms with Gasteiger partial charge in [0.25, 0.3) is 0 Å². The maximum atomic E-state index is 8.73. The molecule has 0 heterocycles. The molecule has 0 fully saturated rings. The van der Waals surface area contributed by atoms with E-state index in [4.69, 9.17) is 5.26 Å². The van der Waals surface area contributed by atoms with Crippen LogP contribution in [0.2, 0.25) is 0 Å². The van der Waals surface area contributed by atoms with Gasteiger partial charge in [0.15, 0.2) is 0 Å². The van der Waals surface area contributed by atoms with Crippen molar-refractivity contribution in [3.63, 3.8) is 0 Å². The van der Waals surface area contributed by atoms with E-state index in [-0.39, 0.29) is 12.4 Å². The fourth-order valence-electron chi connectivity index (χ4n) is 1.83. The van der Waals surface area contributed by atoms with E-state index in [1.54, 1.807) is 0 Å². The van der Waals surface area contributed by atoms with Crippen LogP contribution in [0.25, 0.3) is 0 Å². The van der Waals surface area contributed by atoms with Crippen LogP contribution in [-0.2, 0) is 6.54 Å². The third-order valence-corrected chi connectivity index (χ3v) is 2.99. The second-order valence-electron chi connectivity index (χ2n) is 4.32. The maximum Gasteiger partial charge on any atom is 0.0991 e. The summed E-state index contributed by atoms with van der Waals surface area (Å²) in [6.07, 6.45) is 0. The summed E-state index contributed by atoms with van der Waals surface area (Å²) >= 11 is 0. The Labute approximate surface area is 120 Å². The number of hydrogen-bond donors (Lipinski definition) is 1. The van der Waals surface area contributed by atoms with Crippen molar-refractivity contribution in [1.82, 2.24) is 5.32 Å². The van der Waals surface area contributed by atoms with Gasteiger partial charge in [-0.05, 0) is 30.2 Å². The van der Waals surface area contributed by atoms with Crippen LogP contribution in [0.3, 0.4) is 0 Å². The molecule has 0 spiro atoms. The third kappa shape index (κ3) is 4.40. The molecule has 0 saturated carbocycles. The fraction of sp³-hybridized carbons (Fsp3) is 0.188. The topological polar surface area (TPSA) is 35.8 Å². The number of nitrogens with zero attached hydrogens (tertiary/aromatic N) is 1. The van der Waals surface area contributed by atoms with Crippen LogP contribution in [0.4, 0.5) is 0 Å². The zero-order chi connectivity index (χ0) is 12.8. The first-order chi connectivity index (χ1) is 8.79. The van der Waals surface area contributed by atoms with Gasteiger partial charge in [0.1, 0.15) is 0 Å². The van der Waals surface area contributed by atoms with Gasteiger partial charge in [0.2, 0.25) is 0 Å². The Morgan fingerprint density at radius 1 is 1.05 bits per heavy atom. The van der Waals surface area contributed by atoms with Crippen LogP contribution in [0.5, 0.6) is 0 Å². The molecule has 1 atom stereocenters. The smallest absolute Gasteiger partial charge is 0.0991 e. The van der Waals surface area contributed by atoms with Crippen LogP contribution in [0.1, 0.15) is 29.7 Å². The molecule has 1 unspecified atom stereocenters. The third-order valence-electron chi connectivity index (χ3n) is 2.99. The van der Waals surface area contributed by atoms with E-state index in [0.29, 0.717) is 11.6 Å². The molecule has 2 aromatic rings. The lowest BCUT2D eigenvalue weighted by atomic mass is 10.1. The zero-order valence-electron chi connectivity index (χ0n) is 10.8. The lowest BCUT2D eigenvalue weighted by Crippen LogP contribution is -2.17. The second-order valence-corrected chi connectivity index (χ2v) is 4.32. The number of nitriles is 1. The standard InChI is InChI=1S/C16H16N2.ClH/c1-13(16-5-3-2-4-6-16)18-12-15-9-7-14(11-17)8-10-15;/h2-10,13,18H,12H2,1H3;1H. The Kier molecular flexibility index (Phi) is 6.08. The lowest BCUT2D eigenvalue weighted by Gasteiger charge is -2.14. The van der Waals surface area contributed by atoms with Crippen molar-refractivity contribution in [2.24, 2.45) is 0 Å². The molecule has 1 N–H and O–H groups in total. The molecule has 0 aliphatic heterocycles. The van der Waals surface area contributed by atoms with Gasteiger partial charge in [-0.25, -0.2) is 0 Å². The SMILES string of the molecule is CC(NCc1ccc(C#N)cc1)c1ccccc1.Cl. The van der Waals surface area contributed by atoms with Crippen molar-refractivity contribution in [2.75, 3.05) is 0 Å². The van der Waals surface area contributed by atoms with Gasteiger partial charge in [0.05, 0.1) is 11.6 Å². The molecule has 0 aliphatic rings. The number of nitrogens with one attached hydrogen (secondary N) is 1. The minimum Gasteiger partial charge on any atom is -0.306 e. The minimum absolute atomic E-state index is 0. The molecule has 2 aromatic carbocycles. The van der Waals surface area contributed by atoms with Crippen LogP contribution in [0, 0.1) is 11.3 Å². The molecule has 0 saturated heterocycles. The van der Waals surface area contributed by atoms with Gasteiger partial charge < -0.3 is 5.32 Å². The Bertz CT molecular complexity index is 529. The molecular weight excluding hydrogens is 256 g/mol. The largest absolute Gasteiger partial charge is 0.306 e. The minimum atomic E-state index is 0. The van der Waals surface area contributed by atoms with Gasteiger partial charge in [-0.3, -0.25) is 0 Å². The van der Waals surface area contributed by atoms with Gasteiger partial charge in [-0.1, -0.05) is 42.5 Å². The highest BCUT2D eigenvalue weighted by Crippen LogP contribution is 2.12. The molecule has 19 heavy (non-hydrogen) atoms. The van der Waals surface area contributed by atoms with Gasteiger partial charge >= 0.3 is 0 Å². The van der Waals surface area contributed by atoms with Crippen molar-refractivity contribution in [3.8, 4) is 6.07 Å². The molecular formula is C16H17ClN2. The molecule has 0 aromatic heterocycles. The summed E-state index contributed by atoms with van der Waals surface area (Å²) in [5, 5.41) is 12.2. The molecule has 98 valence electrons. The van der Waals surface area contributed by atoms with Crippen LogP contribution in [-0.4, -0.2) is 0 Å². The van der Waals surface area contributed by atoms with Crippen molar-refractivity contribution in [2.45, 2.75) is 19.5 Å². The first kappa shape index (κ1) is 15.2. The number of hydrogen-bond acceptors (Lipinski definition) is 2. The molecule has 3 heteroatoms. The Balaban J connectivity index is 0.00000180. The van der Waals surface area contributed by atoms with E-state index < -0.39 is 0 Å². The average molecular weight is 273 g/mol. The van der Waals surface area contributed by atoms with Gasteiger partial charge in [0, 0.05) is 12.6 Å². The lowest BCUT2D eigenvalue weighted by molar-refractivity contribution is 0.575. The van der Waals surface area contributed by atoms with Crippen LogP contribution < -0.4 is 5.32 Å². The molecule has 2 rings (SSSR count). The summed E-state index contributed by atoms with van der Waals surface area (Å²) in [5.74, 6) is 0. The first-order valence-electron chi connectivity index (χ1n) is 6.07. The van der Waals surface area contributed by atoms with Crippen molar-refractivity contribution < 1.29 is 0 Å². The van der Waals surface area contributed by atoms with E-state index >= 15 is 0 Å². The maximum absolute atomic E-state index is 8.73. The molecule has 0 amide bonds. The quantitative estimate of drug-likeness (QED) is 0.918. The molecule has 2 nitrogen and oxygen atoms in total. The van der Waals surface area contributed by atoms with E-state index in [2.05, 4.69) is 42.6 Å². The van der Waals surface area contributed by atoms with Crippen molar-refractivity contribution >= 4 is 12.4 Å². The number of rotatable bonds is 4. The summed E-state index contributed by atoms with van der Waals surface area (Å²) < 4.78 is 0. The highest BCUT2D eigenvalue weighted by atomic mass is 35.5. The van der Waals surface area contributed by atoms with Crippen LogP contribution >= 0.6 is 12.4 Å². The van der Waals surface area contributed by atoms with Crippen molar-refractivity contribution in [3.05, 3.63) is 71.3 Å². The van der Waals surface area contributed by atoms with Crippen LogP contribution in [0.15, 0.2) is 54.6 Å². The van der Waals surface area contributed by atoms with E-state index in [1.165, 1.54) is 11.1 Å².